The molecule has 4 nitrogen and oxygen atoms in total. The van der Waals surface area contributed by atoms with Gasteiger partial charge in [-0.1, -0.05) is 12.1 Å². The number of aromatic amines is 1. The fourth-order valence-electron chi connectivity index (χ4n) is 1.50. The molecule has 1 aromatic carbocycles. The van der Waals surface area contributed by atoms with Crippen LogP contribution < -0.4 is 0 Å². The van der Waals surface area contributed by atoms with E-state index in [1.54, 1.807) is 6.92 Å². The van der Waals surface area contributed by atoms with Gasteiger partial charge in [-0.2, -0.15) is 5.26 Å². The molecule has 0 aliphatic rings. The van der Waals surface area contributed by atoms with Gasteiger partial charge >= 0.3 is 0 Å². The minimum atomic E-state index is -0.627. The van der Waals surface area contributed by atoms with Gasteiger partial charge in [0.2, 0.25) is 0 Å². The lowest BCUT2D eigenvalue weighted by atomic mass is 10.2. The van der Waals surface area contributed by atoms with E-state index in [9.17, 15) is 5.11 Å². The van der Waals surface area contributed by atoms with Gasteiger partial charge < -0.3 is 10.1 Å². The second-order valence-corrected chi connectivity index (χ2v) is 4.25. The Morgan fingerprint density at radius 2 is 2.24 bits per heavy atom. The summed E-state index contributed by atoms with van der Waals surface area (Å²) < 4.78 is 0. The number of nitrogens with one attached hydrogen (secondary N) is 1. The van der Waals surface area contributed by atoms with E-state index in [2.05, 4.69) is 9.97 Å². The lowest BCUT2D eigenvalue weighted by molar-refractivity contribution is 0.400. The van der Waals surface area contributed by atoms with Crippen molar-refractivity contribution in [1.29, 1.82) is 5.26 Å². The highest BCUT2D eigenvalue weighted by Crippen LogP contribution is 2.21. The fraction of sp³-hybridized carbons (Fsp3) is 0.167. The zero-order valence-electron chi connectivity index (χ0n) is 9.11. The first kappa shape index (κ1) is 11.5. The summed E-state index contributed by atoms with van der Waals surface area (Å²) in [7, 11) is 0. The molecule has 1 aromatic heterocycles. The largest absolute Gasteiger partial charge is 0.509 e. The number of halogens is 1. The van der Waals surface area contributed by atoms with Crippen LogP contribution in [0.5, 0.6) is 0 Å². The van der Waals surface area contributed by atoms with Crippen molar-refractivity contribution in [3.8, 4) is 6.07 Å². The van der Waals surface area contributed by atoms with Crippen molar-refractivity contribution >= 4 is 28.2 Å². The number of rotatable bonds is 2. The summed E-state index contributed by atoms with van der Waals surface area (Å²) in [4.78, 5) is 7.21. The van der Waals surface area contributed by atoms with Crippen molar-refractivity contribution in [1.82, 2.24) is 9.97 Å². The maximum absolute atomic E-state index is 9.73. The number of fused-ring (bicyclic) bond motifs is 1. The van der Waals surface area contributed by atoms with Crippen LogP contribution in [0.3, 0.4) is 0 Å². The Morgan fingerprint density at radius 3 is 2.82 bits per heavy atom. The molecular formula is C12H10ClN3O. The van der Waals surface area contributed by atoms with Crippen LogP contribution in [0.15, 0.2) is 30.0 Å². The Bertz CT molecular complexity index is 589. The number of hydrogen-bond acceptors (Lipinski definition) is 3. The summed E-state index contributed by atoms with van der Waals surface area (Å²) >= 11 is 5.75. The molecule has 0 amide bonds. The minimum absolute atomic E-state index is 0.0729. The first-order valence-electron chi connectivity index (χ1n) is 5.06. The van der Waals surface area contributed by atoms with Gasteiger partial charge in [-0.25, -0.2) is 4.98 Å². The molecule has 0 saturated heterocycles. The number of H-pyrrole nitrogens is 1. The third-order valence-electron chi connectivity index (χ3n) is 2.37. The third-order valence-corrected chi connectivity index (χ3v) is 2.58. The molecule has 1 heterocycles. The molecule has 0 fully saturated rings. The summed E-state index contributed by atoms with van der Waals surface area (Å²) in [5.41, 5.74) is 1.62. The number of imidazole rings is 1. The molecule has 0 unspecified atom stereocenters. The Balaban J connectivity index is 2.60. The fourth-order valence-corrected chi connectivity index (χ4v) is 1.61. The van der Waals surface area contributed by atoms with Crippen LogP contribution in [0.4, 0.5) is 0 Å². The summed E-state index contributed by atoms with van der Waals surface area (Å²) in [6.45, 7) is 1.59. The average molecular weight is 248 g/mol. The number of aromatic nitrogens is 2. The van der Waals surface area contributed by atoms with Gasteiger partial charge in [0.05, 0.1) is 16.4 Å². The number of nitrogens with zero attached hydrogens (tertiary/aromatic N) is 2. The van der Waals surface area contributed by atoms with E-state index < -0.39 is 5.38 Å². The summed E-state index contributed by atoms with van der Waals surface area (Å²) in [6, 6.07) is 9.31. The average Bonchev–Trinajstić information content (AvgIpc) is 2.72. The first-order chi connectivity index (χ1) is 8.13. The van der Waals surface area contributed by atoms with E-state index in [-0.39, 0.29) is 11.3 Å². The number of hydrogen-bond donors (Lipinski definition) is 2. The highest BCUT2D eigenvalue weighted by Gasteiger charge is 2.16. The van der Waals surface area contributed by atoms with E-state index in [4.69, 9.17) is 16.9 Å². The maximum atomic E-state index is 9.73. The number of alkyl halides is 1. The summed E-state index contributed by atoms with van der Waals surface area (Å²) in [5.74, 6) is 0.159. The van der Waals surface area contributed by atoms with Crippen molar-refractivity contribution in [2.24, 2.45) is 0 Å². The zero-order chi connectivity index (χ0) is 12.4. The molecule has 2 rings (SSSR count). The number of allylic oxidation sites excluding steroid dienone is 2. The number of nitriles is 1. The lowest BCUT2D eigenvalue weighted by Gasteiger charge is -2.02. The molecule has 0 saturated carbocycles. The normalized spacial score (nSPS) is 14.2. The first-order valence-corrected chi connectivity index (χ1v) is 5.49. The van der Waals surface area contributed by atoms with Crippen LogP contribution in [0.1, 0.15) is 12.7 Å². The molecule has 5 heteroatoms. The monoisotopic (exact) mass is 247 g/mol. The van der Waals surface area contributed by atoms with Gasteiger partial charge in [-0.3, -0.25) is 0 Å². The molecular weight excluding hydrogens is 238 g/mol. The van der Waals surface area contributed by atoms with Gasteiger partial charge in [0, 0.05) is 0 Å². The smallest absolute Gasteiger partial charge is 0.152 e. The number of para-hydroxylation sites is 2. The Labute approximate surface area is 103 Å². The molecule has 0 aliphatic carbocycles. The van der Waals surface area contributed by atoms with Crippen molar-refractivity contribution < 1.29 is 5.11 Å². The molecule has 0 radical (unpaired) electrons. The Hall–Kier alpha value is -1.99. The third kappa shape index (κ3) is 2.10. The lowest BCUT2D eigenvalue weighted by Crippen LogP contribution is -2.01. The van der Waals surface area contributed by atoms with Crippen LogP contribution >= 0.6 is 11.6 Å². The number of benzene rings is 1. The molecule has 0 aliphatic heterocycles. The number of aliphatic hydroxyl groups excluding tert-OH is 1. The van der Waals surface area contributed by atoms with Gasteiger partial charge in [0.25, 0.3) is 0 Å². The van der Waals surface area contributed by atoms with Gasteiger partial charge in [-0.15, -0.1) is 11.6 Å². The SMILES string of the molecule is C[C@H](Cl)/C(O)=C(\C#N)c1nc2ccccc2[nH]1. The van der Waals surface area contributed by atoms with Crippen LogP contribution in [0, 0.1) is 11.3 Å². The molecule has 86 valence electrons. The topological polar surface area (TPSA) is 72.7 Å². The molecule has 0 bridgehead atoms. The van der Waals surface area contributed by atoms with E-state index in [0.29, 0.717) is 5.82 Å². The standard InChI is InChI=1S/C12H10ClN3O/c1-7(13)11(17)8(6-14)12-15-9-4-2-3-5-10(9)16-12/h2-5,7,17H,1H3,(H,15,16)/b11-8-/t7-/m0/s1. The van der Waals surface area contributed by atoms with Crippen molar-refractivity contribution in [2.75, 3.05) is 0 Å². The van der Waals surface area contributed by atoms with Crippen molar-refractivity contribution in [3.63, 3.8) is 0 Å². The summed E-state index contributed by atoms with van der Waals surface area (Å²) in [6.07, 6.45) is 0. The predicted molar refractivity (Wildman–Crippen MR) is 66.6 cm³/mol. The van der Waals surface area contributed by atoms with Gasteiger partial charge in [0.1, 0.15) is 17.4 Å². The molecule has 2 N–H and O–H groups in total. The molecule has 17 heavy (non-hydrogen) atoms. The van der Waals surface area contributed by atoms with Crippen LogP contribution in [-0.2, 0) is 0 Å². The van der Waals surface area contributed by atoms with Crippen molar-refractivity contribution in [3.05, 3.63) is 35.8 Å². The van der Waals surface area contributed by atoms with Crippen LogP contribution in [0.2, 0.25) is 0 Å². The van der Waals surface area contributed by atoms with Gasteiger partial charge in [-0.05, 0) is 19.1 Å². The molecule has 0 spiro atoms. The molecule has 1 atom stereocenters. The number of aliphatic hydroxyl groups is 1. The predicted octanol–water partition coefficient (Wildman–Crippen LogP) is 2.98. The second-order valence-electron chi connectivity index (χ2n) is 3.59. The Morgan fingerprint density at radius 1 is 1.53 bits per heavy atom. The van der Waals surface area contributed by atoms with Crippen LogP contribution in [-0.4, -0.2) is 20.5 Å². The van der Waals surface area contributed by atoms with E-state index in [0.717, 1.165) is 11.0 Å². The summed E-state index contributed by atoms with van der Waals surface area (Å²) in [5, 5.41) is 18.1. The van der Waals surface area contributed by atoms with E-state index >= 15 is 0 Å². The van der Waals surface area contributed by atoms with Gasteiger partial charge in [0.15, 0.2) is 5.82 Å². The quantitative estimate of drug-likeness (QED) is 0.487. The second kappa shape index (κ2) is 4.48. The highest BCUT2D eigenvalue weighted by molar-refractivity contribution is 6.22. The molecule has 2 aromatic rings. The highest BCUT2D eigenvalue weighted by atomic mass is 35.5. The Kier molecular flexibility index (Phi) is 3.03. The van der Waals surface area contributed by atoms with E-state index in [1.807, 2.05) is 30.3 Å². The minimum Gasteiger partial charge on any atom is -0.509 e. The zero-order valence-corrected chi connectivity index (χ0v) is 9.86. The van der Waals surface area contributed by atoms with Crippen molar-refractivity contribution in [2.45, 2.75) is 12.3 Å². The van der Waals surface area contributed by atoms with Crippen LogP contribution in [0.25, 0.3) is 16.6 Å². The maximum Gasteiger partial charge on any atom is 0.152 e. The van der Waals surface area contributed by atoms with E-state index in [1.165, 1.54) is 0 Å².